The van der Waals surface area contributed by atoms with Gasteiger partial charge >= 0.3 is 4.87 Å². The fraction of sp³-hybridized carbons (Fsp3) is 0.130. The Hall–Kier alpha value is -4.18. The molecule has 0 radical (unpaired) electrons. The Morgan fingerprint density at radius 3 is 2.67 bits per heavy atom. The number of ether oxygens (including phenoxy) is 1. The van der Waals surface area contributed by atoms with Gasteiger partial charge in [0.15, 0.2) is 5.06 Å². The first-order valence-electron chi connectivity index (χ1n) is 10.1. The van der Waals surface area contributed by atoms with E-state index in [1.807, 2.05) is 48.5 Å². The second kappa shape index (κ2) is 8.40. The average molecular weight is 462 g/mol. The van der Waals surface area contributed by atoms with Crippen LogP contribution in [0, 0.1) is 0 Å². The van der Waals surface area contributed by atoms with Crippen LogP contribution in [0.25, 0.3) is 11.3 Å². The van der Waals surface area contributed by atoms with E-state index in [1.54, 1.807) is 13.3 Å². The summed E-state index contributed by atoms with van der Waals surface area (Å²) in [5.41, 5.74) is 3.69. The number of H-pyrrole nitrogens is 2. The van der Waals surface area contributed by atoms with Gasteiger partial charge in [0.25, 0.3) is 5.56 Å². The summed E-state index contributed by atoms with van der Waals surface area (Å²) in [6.07, 6.45) is 2.01. The summed E-state index contributed by atoms with van der Waals surface area (Å²) < 4.78 is 5.25. The average Bonchev–Trinajstić information content (AvgIpc) is 3.21. The number of anilines is 1. The zero-order chi connectivity index (χ0) is 22.9. The van der Waals surface area contributed by atoms with Crippen molar-refractivity contribution in [3.8, 4) is 22.1 Å². The number of methoxy groups -OCH3 is 1. The Kier molecular flexibility index (Phi) is 5.27. The number of hydrogen-bond donors (Lipinski definition) is 4. The Morgan fingerprint density at radius 2 is 1.91 bits per heavy atom. The van der Waals surface area contributed by atoms with Gasteiger partial charge in [-0.2, -0.15) is 5.10 Å². The Balaban J connectivity index is 1.63. The third-order valence-corrected chi connectivity index (χ3v) is 6.13. The maximum Gasteiger partial charge on any atom is 0.310 e. The van der Waals surface area contributed by atoms with E-state index in [1.165, 1.54) is 0 Å². The lowest BCUT2D eigenvalue weighted by Crippen LogP contribution is -2.25. The van der Waals surface area contributed by atoms with Crippen molar-refractivity contribution in [1.82, 2.24) is 15.2 Å². The van der Waals surface area contributed by atoms with Gasteiger partial charge in [0.1, 0.15) is 11.3 Å². The number of aromatic amines is 2. The second-order valence-electron chi connectivity index (χ2n) is 7.43. The monoisotopic (exact) mass is 461 g/mol. The summed E-state index contributed by atoms with van der Waals surface area (Å²) in [6.45, 7) is 0. The molecule has 1 aliphatic heterocycles. The minimum absolute atomic E-state index is 0.00223. The minimum Gasteiger partial charge on any atom is -0.499 e. The van der Waals surface area contributed by atoms with Crippen LogP contribution < -0.4 is 20.5 Å². The van der Waals surface area contributed by atoms with Gasteiger partial charge < -0.3 is 15.2 Å². The topological polar surface area (TPSA) is 132 Å². The van der Waals surface area contributed by atoms with Gasteiger partial charge in [-0.05, 0) is 47.7 Å². The Bertz CT molecular complexity index is 1470. The molecule has 9 nitrogen and oxygen atoms in total. The van der Waals surface area contributed by atoms with Gasteiger partial charge in [0, 0.05) is 17.5 Å². The van der Waals surface area contributed by atoms with Crippen LogP contribution in [-0.4, -0.2) is 33.1 Å². The van der Waals surface area contributed by atoms with Gasteiger partial charge in [-0.1, -0.05) is 12.1 Å². The molecule has 4 N–H and O–H groups in total. The Labute approximate surface area is 191 Å². The lowest BCUT2D eigenvalue weighted by molar-refractivity contribution is 0.415. The lowest BCUT2D eigenvalue weighted by atomic mass is 9.96. The van der Waals surface area contributed by atoms with Crippen LogP contribution in [0.1, 0.15) is 23.6 Å². The molecule has 1 atom stereocenters. The van der Waals surface area contributed by atoms with Crippen LogP contribution in [0.15, 0.2) is 69.3 Å². The van der Waals surface area contributed by atoms with E-state index in [2.05, 4.69) is 25.5 Å². The molecule has 3 heterocycles. The molecule has 166 valence electrons. The second-order valence-corrected chi connectivity index (χ2v) is 8.39. The van der Waals surface area contributed by atoms with E-state index in [0.717, 1.165) is 28.3 Å². The predicted octanol–water partition coefficient (Wildman–Crippen LogP) is 3.58. The summed E-state index contributed by atoms with van der Waals surface area (Å²) in [5, 5.41) is 20.9. The molecule has 2 aromatic carbocycles. The summed E-state index contributed by atoms with van der Waals surface area (Å²) in [6, 6.07) is 14.7. The van der Waals surface area contributed by atoms with Crippen molar-refractivity contribution in [3.63, 3.8) is 0 Å². The molecule has 0 unspecified atom stereocenters. The van der Waals surface area contributed by atoms with Crippen molar-refractivity contribution in [2.24, 2.45) is 4.99 Å². The number of aromatic nitrogens is 3. The molecule has 33 heavy (non-hydrogen) atoms. The van der Waals surface area contributed by atoms with Crippen LogP contribution in [0.4, 0.5) is 11.4 Å². The first-order chi connectivity index (χ1) is 16.0. The molecular formula is C23H19N5O4S. The van der Waals surface area contributed by atoms with Crippen molar-refractivity contribution in [2.45, 2.75) is 12.5 Å². The number of hydrogen-bond acceptors (Lipinski definition) is 8. The molecular weight excluding hydrogens is 442 g/mol. The molecule has 0 aliphatic carbocycles. The molecule has 0 fully saturated rings. The Morgan fingerprint density at radius 1 is 1.12 bits per heavy atom. The van der Waals surface area contributed by atoms with E-state index in [9.17, 15) is 14.7 Å². The van der Waals surface area contributed by atoms with Crippen molar-refractivity contribution < 1.29 is 9.84 Å². The summed E-state index contributed by atoms with van der Waals surface area (Å²) in [5.74, 6) is 0.744. The molecule has 2 aromatic heterocycles. The van der Waals surface area contributed by atoms with Crippen LogP contribution in [0.5, 0.6) is 10.8 Å². The number of rotatable bonds is 4. The quantitative estimate of drug-likeness (QED) is 0.367. The third kappa shape index (κ3) is 3.92. The number of para-hydroxylation sites is 2. The van der Waals surface area contributed by atoms with Crippen molar-refractivity contribution in [3.05, 3.63) is 85.9 Å². The van der Waals surface area contributed by atoms with Crippen LogP contribution in [-0.2, 0) is 0 Å². The molecule has 5 rings (SSSR count). The van der Waals surface area contributed by atoms with Gasteiger partial charge in [-0.15, -0.1) is 0 Å². The van der Waals surface area contributed by atoms with Crippen LogP contribution >= 0.6 is 11.3 Å². The van der Waals surface area contributed by atoms with E-state index < -0.39 is 10.4 Å². The highest BCUT2D eigenvalue weighted by molar-refractivity contribution is 7.11. The number of nitrogens with zero attached hydrogens (tertiary/aromatic N) is 2. The van der Waals surface area contributed by atoms with E-state index in [4.69, 9.17) is 4.74 Å². The van der Waals surface area contributed by atoms with Crippen molar-refractivity contribution >= 4 is 28.4 Å². The molecule has 0 amide bonds. The molecule has 0 spiro atoms. The van der Waals surface area contributed by atoms with Crippen molar-refractivity contribution in [2.75, 3.05) is 12.4 Å². The minimum atomic E-state index is -0.671. The first kappa shape index (κ1) is 20.7. The summed E-state index contributed by atoms with van der Waals surface area (Å²) in [4.78, 5) is 30.5. The molecule has 10 heteroatoms. The first-order valence-corrected chi connectivity index (χ1v) is 10.9. The van der Waals surface area contributed by atoms with Crippen LogP contribution in [0.3, 0.4) is 0 Å². The summed E-state index contributed by atoms with van der Waals surface area (Å²) >= 11 is 0.570. The normalized spacial score (nSPS) is 15.2. The standard InChI is InChI=1S/C23H19N5O4S/c1-32-13-8-6-12(7-9-13)20-14(11-24-28-20)17-10-18(19-21(29)27-23(31)33-22(19)30)26-16-5-3-2-4-15(16)25-17/h2-9,11,17,25,30H,10H2,1H3,(H,24,28)(H,27,29,31)/t17-/m1/s1. The number of benzene rings is 2. The maximum atomic E-state index is 12.6. The van der Waals surface area contributed by atoms with Gasteiger partial charge in [-0.3, -0.25) is 24.7 Å². The third-order valence-electron chi connectivity index (χ3n) is 5.44. The van der Waals surface area contributed by atoms with Crippen LogP contribution in [0.2, 0.25) is 0 Å². The molecule has 0 saturated heterocycles. The number of aliphatic imine (C=N–C) groups is 1. The number of aromatic hydroxyl groups is 1. The van der Waals surface area contributed by atoms with Gasteiger partial charge in [-0.25, -0.2) is 0 Å². The predicted molar refractivity (Wildman–Crippen MR) is 127 cm³/mol. The fourth-order valence-electron chi connectivity index (χ4n) is 3.88. The largest absolute Gasteiger partial charge is 0.499 e. The molecule has 0 saturated carbocycles. The maximum absolute atomic E-state index is 12.6. The summed E-state index contributed by atoms with van der Waals surface area (Å²) in [7, 11) is 1.61. The molecule has 4 aromatic rings. The molecule has 0 bridgehead atoms. The highest BCUT2D eigenvalue weighted by atomic mass is 32.1. The van der Waals surface area contributed by atoms with E-state index in [0.29, 0.717) is 22.7 Å². The highest BCUT2D eigenvalue weighted by Gasteiger charge is 2.27. The highest BCUT2D eigenvalue weighted by Crippen LogP contribution is 2.38. The van der Waals surface area contributed by atoms with E-state index in [-0.39, 0.29) is 23.1 Å². The lowest BCUT2D eigenvalue weighted by Gasteiger charge is -2.19. The van der Waals surface area contributed by atoms with E-state index >= 15 is 0 Å². The number of fused-ring (bicyclic) bond motifs is 1. The zero-order valence-electron chi connectivity index (χ0n) is 17.5. The fourth-order valence-corrected chi connectivity index (χ4v) is 4.51. The number of nitrogens with one attached hydrogen (secondary N) is 3. The van der Waals surface area contributed by atoms with Gasteiger partial charge in [0.05, 0.1) is 42.1 Å². The van der Waals surface area contributed by atoms with Gasteiger partial charge in [0.2, 0.25) is 0 Å². The van der Waals surface area contributed by atoms with Crippen molar-refractivity contribution in [1.29, 1.82) is 0 Å². The molecule has 1 aliphatic rings. The smallest absolute Gasteiger partial charge is 0.310 e. The SMILES string of the molecule is COc1ccc(-c2[nH]ncc2[C@H]2CC(c3c(O)sc(=O)[nH]c3=O)=Nc3ccccc3N2)cc1. The zero-order valence-corrected chi connectivity index (χ0v) is 18.3.